The number of ether oxygens (including phenoxy) is 1. The predicted octanol–water partition coefficient (Wildman–Crippen LogP) is 2.44. The number of hydrogen-bond donors (Lipinski definition) is 0. The molecule has 0 saturated carbocycles. The van der Waals surface area contributed by atoms with Crippen LogP contribution < -0.4 is 4.90 Å². The second kappa shape index (κ2) is 5.51. The fourth-order valence-corrected chi connectivity index (χ4v) is 2.16. The van der Waals surface area contributed by atoms with Gasteiger partial charge in [0.05, 0.1) is 6.10 Å². The van der Waals surface area contributed by atoms with E-state index < -0.39 is 0 Å². The van der Waals surface area contributed by atoms with Crippen molar-refractivity contribution in [1.82, 2.24) is 4.98 Å². The van der Waals surface area contributed by atoms with E-state index in [4.69, 9.17) is 16.3 Å². The van der Waals surface area contributed by atoms with Crippen molar-refractivity contribution in [1.29, 1.82) is 0 Å². The first-order valence-electron chi connectivity index (χ1n) is 5.62. The van der Waals surface area contributed by atoms with Gasteiger partial charge in [0.25, 0.3) is 0 Å². The highest BCUT2D eigenvalue weighted by Crippen LogP contribution is 2.19. The number of piperidine rings is 1. The second-order valence-electron chi connectivity index (χ2n) is 4.08. The van der Waals surface area contributed by atoms with E-state index in [9.17, 15) is 0 Å². The third kappa shape index (κ3) is 2.66. The zero-order valence-electron chi connectivity index (χ0n) is 9.53. The lowest BCUT2D eigenvalue weighted by Crippen LogP contribution is -2.37. The molecule has 0 spiro atoms. The molecule has 4 heteroatoms. The largest absolute Gasteiger partial charge is 0.381 e. The third-order valence-electron chi connectivity index (χ3n) is 3.06. The van der Waals surface area contributed by atoms with Crippen molar-refractivity contribution in [2.45, 2.75) is 24.8 Å². The number of methoxy groups -OCH3 is 1. The van der Waals surface area contributed by atoms with Crippen LogP contribution in [-0.2, 0) is 10.6 Å². The number of pyridine rings is 1. The van der Waals surface area contributed by atoms with Crippen LogP contribution in [0.1, 0.15) is 18.4 Å². The number of aromatic nitrogens is 1. The van der Waals surface area contributed by atoms with Crippen molar-refractivity contribution in [3.05, 3.63) is 23.9 Å². The highest BCUT2D eigenvalue weighted by Gasteiger charge is 2.19. The number of halogens is 1. The molecule has 0 radical (unpaired) electrons. The van der Waals surface area contributed by atoms with Crippen LogP contribution >= 0.6 is 11.6 Å². The summed E-state index contributed by atoms with van der Waals surface area (Å²) in [4.78, 5) is 6.72. The molecule has 2 heterocycles. The number of alkyl halides is 1. The Bertz CT molecular complexity index is 320. The molecule has 0 amide bonds. The first-order chi connectivity index (χ1) is 7.83. The van der Waals surface area contributed by atoms with Crippen LogP contribution in [-0.4, -0.2) is 31.3 Å². The first-order valence-corrected chi connectivity index (χ1v) is 6.15. The van der Waals surface area contributed by atoms with Crippen molar-refractivity contribution in [3.8, 4) is 0 Å². The van der Waals surface area contributed by atoms with Gasteiger partial charge in [0.15, 0.2) is 0 Å². The van der Waals surface area contributed by atoms with Crippen molar-refractivity contribution >= 4 is 17.4 Å². The predicted molar refractivity (Wildman–Crippen MR) is 66.0 cm³/mol. The zero-order valence-corrected chi connectivity index (χ0v) is 10.3. The van der Waals surface area contributed by atoms with Gasteiger partial charge in [0.2, 0.25) is 0 Å². The molecule has 0 bridgehead atoms. The molecule has 1 aliphatic rings. The van der Waals surface area contributed by atoms with E-state index in [1.54, 1.807) is 7.11 Å². The molecule has 0 atom stereocenters. The van der Waals surface area contributed by atoms with Gasteiger partial charge < -0.3 is 9.64 Å². The maximum absolute atomic E-state index is 5.73. The molecule has 16 heavy (non-hydrogen) atoms. The summed E-state index contributed by atoms with van der Waals surface area (Å²) in [6.07, 6.45) is 4.42. The van der Waals surface area contributed by atoms with Crippen molar-refractivity contribution in [2.24, 2.45) is 0 Å². The lowest BCUT2D eigenvalue weighted by Gasteiger charge is -2.32. The van der Waals surface area contributed by atoms with Crippen LogP contribution in [0.2, 0.25) is 0 Å². The summed E-state index contributed by atoms with van der Waals surface area (Å²) in [6, 6.07) is 4.09. The van der Waals surface area contributed by atoms with Gasteiger partial charge in [-0.05, 0) is 24.5 Å². The molecule has 0 N–H and O–H groups in total. The Labute approximate surface area is 101 Å². The van der Waals surface area contributed by atoms with E-state index in [2.05, 4.69) is 9.88 Å². The summed E-state index contributed by atoms with van der Waals surface area (Å²) >= 11 is 5.73. The van der Waals surface area contributed by atoms with Gasteiger partial charge in [-0.1, -0.05) is 6.07 Å². The lowest BCUT2D eigenvalue weighted by atomic mass is 10.1. The monoisotopic (exact) mass is 240 g/mol. The van der Waals surface area contributed by atoms with E-state index in [1.165, 1.54) is 0 Å². The summed E-state index contributed by atoms with van der Waals surface area (Å²) in [5, 5.41) is 0. The van der Waals surface area contributed by atoms with E-state index in [1.807, 2.05) is 18.3 Å². The van der Waals surface area contributed by atoms with E-state index in [-0.39, 0.29) is 0 Å². The summed E-state index contributed by atoms with van der Waals surface area (Å²) in [7, 11) is 1.79. The van der Waals surface area contributed by atoms with Crippen LogP contribution in [0.3, 0.4) is 0 Å². The average molecular weight is 241 g/mol. The molecule has 1 aromatic rings. The molecule has 0 aromatic carbocycles. The van der Waals surface area contributed by atoms with Crippen molar-refractivity contribution < 1.29 is 4.74 Å². The van der Waals surface area contributed by atoms with E-state index in [0.717, 1.165) is 37.3 Å². The Morgan fingerprint density at radius 3 is 2.69 bits per heavy atom. The van der Waals surface area contributed by atoms with Crippen LogP contribution in [0.5, 0.6) is 0 Å². The molecule has 3 nitrogen and oxygen atoms in total. The van der Waals surface area contributed by atoms with Gasteiger partial charge in [0, 0.05) is 32.3 Å². The van der Waals surface area contributed by atoms with Gasteiger partial charge in [-0.15, -0.1) is 11.6 Å². The molecular weight excluding hydrogens is 224 g/mol. The summed E-state index contributed by atoms with van der Waals surface area (Å²) in [5.41, 5.74) is 1.07. The maximum atomic E-state index is 5.73. The Morgan fingerprint density at radius 2 is 2.19 bits per heavy atom. The molecule has 1 fully saturated rings. The second-order valence-corrected chi connectivity index (χ2v) is 4.35. The van der Waals surface area contributed by atoms with Crippen LogP contribution in [0.4, 0.5) is 5.82 Å². The van der Waals surface area contributed by atoms with Crippen LogP contribution in [0.15, 0.2) is 18.3 Å². The molecule has 1 aromatic heterocycles. The zero-order chi connectivity index (χ0) is 11.4. The number of anilines is 1. The van der Waals surface area contributed by atoms with Gasteiger partial charge in [-0.25, -0.2) is 4.98 Å². The molecule has 1 saturated heterocycles. The summed E-state index contributed by atoms with van der Waals surface area (Å²) in [6.45, 7) is 2.04. The summed E-state index contributed by atoms with van der Waals surface area (Å²) < 4.78 is 5.35. The van der Waals surface area contributed by atoms with E-state index in [0.29, 0.717) is 12.0 Å². The van der Waals surface area contributed by atoms with Crippen LogP contribution in [0, 0.1) is 0 Å². The quantitative estimate of drug-likeness (QED) is 0.759. The maximum Gasteiger partial charge on any atom is 0.128 e. The topological polar surface area (TPSA) is 25.4 Å². The Kier molecular flexibility index (Phi) is 4.02. The Hall–Kier alpha value is -0.800. The van der Waals surface area contributed by atoms with Gasteiger partial charge in [-0.3, -0.25) is 0 Å². The van der Waals surface area contributed by atoms with Gasteiger partial charge in [0.1, 0.15) is 5.82 Å². The number of nitrogens with zero attached hydrogens (tertiary/aromatic N) is 2. The standard InChI is InChI=1S/C12H17ClN2O/c1-16-11-4-6-15(7-5-11)12-3-2-10(8-13)9-14-12/h2-3,9,11H,4-8H2,1H3. The minimum atomic E-state index is 0.415. The van der Waals surface area contributed by atoms with E-state index >= 15 is 0 Å². The Balaban J connectivity index is 1.97. The smallest absolute Gasteiger partial charge is 0.128 e. The lowest BCUT2D eigenvalue weighted by molar-refractivity contribution is 0.0818. The highest BCUT2D eigenvalue weighted by molar-refractivity contribution is 6.17. The molecule has 0 unspecified atom stereocenters. The van der Waals surface area contributed by atoms with Crippen LogP contribution in [0.25, 0.3) is 0 Å². The number of rotatable bonds is 3. The normalized spacial score (nSPS) is 17.8. The van der Waals surface area contributed by atoms with Gasteiger partial charge in [-0.2, -0.15) is 0 Å². The first kappa shape index (κ1) is 11.7. The fraction of sp³-hybridized carbons (Fsp3) is 0.583. The highest BCUT2D eigenvalue weighted by atomic mass is 35.5. The SMILES string of the molecule is COC1CCN(c2ccc(CCl)cn2)CC1. The minimum absolute atomic E-state index is 0.415. The van der Waals surface area contributed by atoms with Gasteiger partial charge >= 0.3 is 0 Å². The molecule has 1 aliphatic heterocycles. The summed E-state index contributed by atoms with van der Waals surface area (Å²) in [5.74, 6) is 1.57. The average Bonchev–Trinajstić information content (AvgIpc) is 2.39. The molecule has 88 valence electrons. The molecule has 2 rings (SSSR count). The molecular formula is C12H17ClN2O. The fourth-order valence-electron chi connectivity index (χ4n) is 2.00. The minimum Gasteiger partial charge on any atom is -0.381 e. The van der Waals surface area contributed by atoms with Crippen molar-refractivity contribution in [2.75, 3.05) is 25.1 Å². The van der Waals surface area contributed by atoms with Crippen molar-refractivity contribution in [3.63, 3.8) is 0 Å². The third-order valence-corrected chi connectivity index (χ3v) is 3.37. The molecule has 0 aliphatic carbocycles. The Morgan fingerprint density at radius 1 is 1.44 bits per heavy atom. The number of hydrogen-bond acceptors (Lipinski definition) is 3.